The summed E-state index contributed by atoms with van der Waals surface area (Å²) >= 11 is 5.23. The SMILES string of the molecule is N#Cc1ccccc1-n1nc(-c2ccc(Br)s2)c2c1NCCCC2. The van der Waals surface area contributed by atoms with Crippen molar-refractivity contribution in [3.05, 3.63) is 51.3 Å². The Morgan fingerprint density at radius 1 is 1.21 bits per heavy atom. The molecular weight excluding hydrogens is 384 g/mol. The molecule has 3 aromatic rings. The van der Waals surface area contributed by atoms with Crippen LogP contribution < -0.4 is 5.32 Å². The summed E-state index contributed by atoms with van der Waals surface area (Å²) in [5.41, 5.74) is 3.72. The molecular formula is C18H15BrN4S. The molecule has 0 spiro atoms. The first-order valence-electron chi connectivity index (χ1n) is 7.89. The minimum Gasteiger partial charge on any atom is -0.370 e. The van der Waals surface area contributed by atoms with Crippen molar-refractivity contribution in [2.45, 2.75) is 19.3 Å². The van der Waals surface area contributed by atoms with Gasteiger partial charge in [0, 0.05) is 12.1 Å². The average molecular weight is 399 g/mol. The van der Waals surface area contributed by atoms with E-state index in [0.717, 1.165) is 51.7 Å². The van der Waals surface area contributed by atoms with Crippen molar-refractivity contribution in [3.8, 4) is 22.3 Å². The van der Waals surface area contributed by atoms with Crippen molar-refractivity contribution in [2.75, 3.05) is 11.9 Å². The first kappa shape index (κ1) is 15.4. The van der Waals surface area contributed by atoms with E-state index in [1.165, 1.54) is 5.56 Å². The van der Waals surface area contributed by atoms with Crippen LogP contribution in [-0.4, -0.2) is 16.3 Å². The maximum atomic E-state index is 9.45. The van der Waals surface area contributed by atoms with E-state index in [-0.39, 0.29) is 0 Å². The quantitative estimate of drug-likeness (QED) is 0.661. The molecule has 24 heavy (non-hydrogen) atoms. The van der Waals surface area contributed by atoms with Crippen molar-refractivity contribution < 1.29 is 0 Å². The minimum absolute atomic E-state index is 0.632. The van der Waals surface area contributed by atoms with Gasteiger partial charge in [-0.05, 0) is 59.5 Å². The third-order valence-corrected chi connectivity index (χ3v) is 5.82. The smallest absolute Gasteiger partial charge is 0.133 e. The van der Waals surface area contributed by atoms with Gasteiger partial charge in [-0.25, -0.2) is 4.68 Å². The predicted octanol–water partition coefficient (Wildman–Crippen LogP) is 4.98. The second kappa shape index (κ2) is 6.42. The van der Waals surface area contributed by atoms with Gasteiger partial charge < -0.3 is 5.32 Å². The fourth-order valence-corrected chi connectivity index (χ4v) is 4.47. The molecule has 1 aromatic carbocycles. The number of aromatic nitrogens is 2. The van der Waals surface area contributed by atoms with E-state index in [0.29, 0.717) is 5.56 Å². The van der Waals surface area contributed by atoms with E-state index in [1.807, 2.05) is 28.9 Å². The Morgan fingerprint density at radius 3 is 2.88 bits per heavy atom. The molecule has 6 heteroatoms. The lowest BCUT2D eigenvalue weighted by Gasteiger charge is -2.10. The Balaban J connectivity index is 1.95. The molecule has 1 N–H and O–H groups in total. The normalized spacial score (nSPS) is 13.7. The van der Waals surface area contributed by atoms with Gasteiger partial charge in [0.05, 0.1) is 19.9 Å². The van der Waals surface area contributed by atoms with Gasteiger partial charge in [0.2, 0.25) is 0 Å². The number of fused-ring (bicyclic) bond motifs is 1. The first-order valence-corrected chi connectivity index (χ1v) is 9.50. The number of rotatable bonds is 2. The van der Waals surface area contributed by atoms with Gasteiger partial charge in [-0.2, -0.15) is 10.4 Å². The Bertz CT molecular complexity index is 935. The number of nitriles is 1. The predicted molar refractivity (Wildman–Crippen MR) is 101 cm³/mol. The van der Waals surface area contributed by atoms with Gasteiger partial charge in [-0.1, -0.05) is 12.1 Å². The summed E-state index contributed by atoms with van der Waals surface area (Å²) < 4.78 is 3.00. The highest BCUT2D eigenvalue weighted by molar-refractivity contribution is 9.11. The number of nitrogens with zero attached hydrogens (tertiary/aromatic N) is 3. The Hall–Kier alpha value is -2.10. The Labute approximate surface area is 152 Å². The molecule has 4 rings (SSSR count). The number of para-hydroxylation sites is 1. The largest absolute Gasteiger partial charge is 0.370 e. The summed E-state index contributed by atoms with van der Waals surface area (Å²) in [6.45, 7) is 0.932. The number of halogens is 1. The van der Waals surface area contributed by atoms with E-state index >= 15 is 0 Å². The highest BCUT2D eigenvalue weighted by Crippen LogP contribution is 2.38. The lowest BCUT2D eigenvalue weighted by atomic mass is 10.1. The topological polar surface area (TPSA) is 53.6 Å². The Morgan fingerprint density at radius 2 is 2.08 bits per heavy atom. The number of hydrogen-bond donors (Lipinski definition) is 1. The molecule has 4 nitrogen and oxygen atoms in total. The third-order valence-electron chi connectivity index (χ3n) is 4.19. The molecule has 1 aliphatic rings. The standard InChI is InChI=1S/C18H15BrN4S/c19-16-9-8-15(24-16)17-13-6-3-4-10-21-18(13)23(22-17)14-7-2-1-5-12(14)11-20/h1-2,5,7-9,21H,3-4,6,10H2. The molecule has 0 radical (unpaired) electrons. The van der Waals surface area contributed by atoms with Crippen molar-refractivity contribution in [2.24, 2.45) is 0 Å². The Kier molecular flexibility index (Phi) is 4.13. The third kappa shape index (κ3) is 2.64. The van der Waals surface area contributed by atoms with Gasteiger partial charge in [0.1, 0.15) is 17.6 Å². The molecule has 0 fully saturated rings. The van der Waals surface area contributed by atoms with Crippen molar-refractivity contribution in [1.82, 2.24) is 9.78 Å². The van der Waals surface area contributed by atoms with Crippen molar-refractivity contribution in [1.29, 1.82) is 5.26 Å². The van der Waals surface area contributed by atoms with Gasteiger partial charge >= 0.3 is 0 Å². The zero-order valence-electron chi connectivity index (χ0n) is 12.9. The van der Waals surface area contributed by atoms with Crippen LogP contribution in [0.4, 0.5) is 5.82 Å². The first-order chi connectivity index (χ1) is 11.8. The summed E-state index contributed by atoms with van der Waals surface area (Å²) in [6, 6.07) is 14.0. The van der Waals surface area contributed by atoms with Crippen LogP contribution >= 0.6 is 27.3 Å². The van der Waals surface area contributed by atoms with Gasteiger partial charge in [-0.15, -0.1) is 11.3 Å². The highest BCUT2D eigenvalue weighted by atomic mass is 79.9. The summed E-state index contributed by atoms with van der Waals surface area (Å²) in [4.78, 5) is 1.15. The monoisotopic (exact) mass is 398 g/mol. The number of benzene rings is 1. The zero-order chi connectivity index (χ0) is 16.5. The molecule has 0 atom stereocenters. The number of anilines is 1. The lowest BCUT2D eigenvalue weighted by Crippen LogP contribution is -2.08. The van der Waals surface area contributed by atoms with E-state index in [1.54, 1.807) is 11.3 Å². The lowest BCUT2D eigenvalue weighted by molar-refractivity contribution is 0.780. The number of thiophene rings is 1. The molecule has 3 heterocycles. The zero-order valence-corrected chi connectivity index (χ0v) is 15.3. The second-order valence-electron chi connectivity index (χ2n) is 5.70. The molecule has 0 saturated carbocycles. The number of hydrogen-bond acceptors (Lipinski definition) is 4. The van der Waals surface area contributed by atoms with E-state index in [9.17, 15) is 5.26 Å². The summed E-state index contributed by atoms with van der Waals surface area (Å²) in [6.07, 6.45) is 3.29. The summed E-state index contributed by atoms with van der Waals surface area (Å²) in [5, 5.41) is 17.9. The molecule has 0 aliphatic carbocycles. The van der Waals surface area contributed by atoms with Crippen LogP contribution in [0.1, 0.15) is 24.0 Å². The van der Waals surface area contributed by atoms with Crippen molar-refractivity contribution in [3.63, 3.8) is 0 Å². The van der Waals surface area contributed by atoms with Crippen LogP contribution in [0.3, 0.4) is 0 Å². The van der Waals surface area contributed by atoms with Crippen molar-refractivity contribution >= 4 is 33.1 Å². The molecule has 0 amide bonds. The highest BCUT2D eigenvalue weighted by Gasteiger charge is 2.23. The van der Waals surface area contributed by atoms with Crippen LogP contribution in [-0.2, 0) is 6.42 Å². The number of nitrogens with one attached hydrogen (secondary N) is 1. The van der Waals surface area contributed by atoms with Crippen LogP contribution in [0.5, 0.6) is 0 Å². The fourth-order valence-electron chi connectivity index (χ4n) is 3.07. The fraction of sp³-hybridized carbons (Fsp3) is 0.222. The average Bonchev–Trinajstić information content (AvgIpc) is 3.10. The van der Waals surface area contributed by atoms with Gasteiger partial charge in [-0.3, -0.25) is 0 Å². The van der Waals surface area contributed by atoms with Crippen LogP contribution in [0, 0.1) is 11.3 Å². The van der Waals surface area contributed by atoms with Gasteiger partial charge in [0.25, 0.3) is 0 Å². The minimum atomic E-state index is 0.632. The molecule has 1 aliphatic heterocycles. The molecule has 0 unspecified atom stereocenters. The molecule has 120 valence electrons. The van der Waals surface area contributed by atoms with E-state index in [4.69, 9.17) is 5.10 Å². The van der Waals surface area contributed by atoms with Crippen LogP contribution in [0.15, 0.2) is 40.2 Å². The summed E-state index contributed by atoms with van der Waals surface area (Å²) in [5.74, 6) is 1.02. The van der Waals surface area contributed by atoms with E-state index < -0.39 is 0 Å². The van der Waals surface area contributed by atoms with Crippen LogP contribution in [0.2, 0.25) is 0 Å². The maximum Gasteiger partial charge on any atom is 0.133 e. The summed E-state index contributed by atoms with van der Waals surface area (Å²) in [7, 11) is 0. The molecule has 2 aromatic heterocycles. The van der Waals surface area contributed by atoms with Crippen LogP contribution in [0.25, 0.3) is 16.3 Å². The molecule has 0 saturated heterocycles. The maximum absolute atomic E-state index is 9.45. The second-order valence-corrected chi connectivity index (χ2v) is 8.17. The van der Waals surface area contributed by atoms with Gasteiger partial charge in [0.15, 0.2) is 0 Å². The van der Waals surface area contributed by atoms with E-state index in [2.05, 4.69) is 39.4 Å². The molecule has 0 bridgehead atoms.